The number of aryl methyl sites for hydroxylation is 1. The third-order valence-electron chi connectivity index (χ3n) is 3.82. The van der Waals surface area contributed by atoms with E-state index < -0.39 is 29.2 Å². The Hall–Kier alpha value is -3.27. The second kappa shape index (κ2) is 8.41. The Kier molecular flexibility index (Phi) is 6.24. The monoisotopic (exact) mass is 375 g/mol. The van der Waals surface area contributed by atoms with Crippen molar-refractivity contribution < 1.29 is 27.4 Å². The highest BCUT2D eigenvalue weighted by Crippen LogP contribution is 2.38. The van der Waals surface area contributed by atoms with Gasteiger partial charge in [-0.15, -0.1) is 0 Å². The van der Waals surface area contributed by atoms with E-state index >= 15 is 0 Å². The molecule has 0 heterocycles. The number of carbonyl (C=O) groups is 1. The van der Waals surface area contributed by atoms with Gasteiger partial charge in [0.2, 0.25) is 0 Å². The zero-order valence-corrected chi connectivity index (χ0v) is 14.6. The lowest BCUT2D eigenvalue weighted by Crippen LogP contribution is -2.12. The molecule has 0 aliphatic carbocycles. The van der Waals surface area contributed by atoms with Gasteiger partial charge in [0.15, 0.2) is 5.76 Å². The number of hydrogen-bond donors (Lipinski definition) is 0. The minimum absolute atomic E-state index is 0.209. The second-order valence-corrected chi connectivity index (χ2v) is 5.47. The Morgan fingerprint density at radius 2 is 1.74 bits per heavy atom. The molecule has 0 atom stereocenters. The molecule has 0 spiro atoms. The Morgan fingerprint density at radius 3 is 2.26 bits per heavy atom. The summed E-state index contributed by atoms with van der Waals surface area (Å²) in [6, 6.07) is 13.1. The van der Waals surface area contributed by atoms with E-state index in [9.17, 15) is 23.2 Å². The maximum absolute atomic E-state index is 13.4. The minimum Gasteiger partial charge on any atom is -0.437 e. The van der Waals surface area contributed by atoms with Crippen LogP contribution < -0.4 is 0 Å². The summed E-state index contributed by atoms with van der Waals surface area (Å²) < 4.78 is 49.6. The van der Waals surface area contributed by atoms with Crippen LogP contribution in [0.1, 0.15) is 29.2 Å². The average molecular weight is 375 g/mol. The molecule has 7 heteroatoms. The Labute approximate surface area is 154 Å². The lowest BCUT2D eigenvalue weighted by molar-refractivity contribution is -0.137. The van der Waals surface area contributed by atoms with E-state index in [1.807, 2.05) is 13.0 Å². The van der Waals surface area contributed by atoms with Crippen molar-refractivity contribution in [2.24, 2.45) is 0 Å². The number of benzene rings is 2. The van der Waals surface area contributed by atoms with Gasteiger partial charge >= 0.3 is 12.3 Å². The normalized spacial score (nSPS) is 12.0. The lowest BCUT2D eigenvalue weighted by atomic mass is 9.97. The number of carbonyl (C=O) groups excluding carboxylic acids is 1. The van der Waals surface area contributed by atoms with Gasteiger partial charge in [0.05, 0.1) is 12.7 Å². The van der Waals surface area contributed by atoms with Gasteiger partial charge in [0.1, 0.15) is 11.6 Å². The number of ether oxygens (including phenoxy) is 2. The molecule has 0 unspecified atom stereocenters. The number of hydrogen-bond acceptors (Lipinski definition) is 4. The second-order valence-electron chi connectivity index (χ2n) is 5.47. The number of nitriles is 1. The van der Waals surface area contributed by atoms with Gasteiger partial charge in [-0.25, -0.2) is 4.79 Å². The first-order valence-corrected chi connectivity index (χ1v) is 7.97. The van der Waals surface area contributed by atoms with Crippen LogP contribution in [0.4, 0.5) is 18.0 Å². The van der Waals surface area contributed by atoms with E-state index in [0.717, 1.165) is 31.2 Å². The highest BCUT2D eigenvalue weighted by Gasteiger charge is 2.35. The van der Waals surface area contributed by atoms with Crippen molar-refractivity contribution in [2.75, 3.05) is 7.11 Å². The number of allylic oxidation sites excluding steroid dienone is 1. The molecular formula is C20H16F3NO3. The molecule has 0 saturated heterocycles. The van der Waals surface area contributed by atoms with Crippen molar-refractivity contribution in [3.63, 3.8) is 0 Å². The van der Waals surface area contributed by atoms with Crippen molar-refractivity contribution >= 4 is 17.5 Å². The topological polar surface area (TPSA) is 59.3 Å². The van der Waals surface area contributed by atoms with Crippen molar-refractivity contribution in [2.45, 2.75) is 19.5 Å². The number of methoxy groups -OCH3 is 1. The highest BCUT2D eigenvalue weighted by molar-refractivity contribution is 5.97. The van der Waals surface area contributed by atoms with E-state index in [2.05, 4.69) is 4.74 Å². The molecule has 2 rings (SSSR count). The van der Waals surface area contributed by atoms with Crippen LogP contribution in [-0.2, 0) is 22.1 Å². The summed E-state index contributed by atoms with van der Waals surface area (Å²) in [4.78, 5) is 11.6. The van der Waals surface area contributed by atoms with Gasteiger partial charge in [-0.1, -0.05) is 49.4 Å². The third kappa shape index (κ3) is 4.67. The summed E-state index contributed by atoms with van der Waals surface area (Å²) in [6.45, 7) is 1.95. The molecule has 0 fully saturated rings. The molecule has 0 aromatic heterocycles. The molecule has 140 valence electrons. The zero-order valence-electron chi connectivity index (χ0n) is 14.6. The van der Waals surface area contributed by atoms with E-state index in [1.54, 1.807) is 24.3 Å². The van der Waals surface area contributed by atoms with Crippen molar-refractivity contribution in [1.29, 1.82) is 5.26 Å². The maximum atomic E-state index is 13.4. The smallest absolute Gasteiger partial charge is 0.437 e. The quantitative estimate of drug-likeness (QED) is 0.309. The van der Waals surface area contributed by atoms with Gasteiger partial charge in [-0.3, -0.25) is 0 Å². The van der Waals surface area contributed by atoms with Crippen molar-refractivity contribution in [1.82, 2.24) is 0 Å². The molecule has 27 heavy (non-hydrogen) atoms. The molecule has 0 amide bonds. The molecular weight excluding hydrogens is 359 g/mol. The van der Waals surface area contributed by atoms with Gasteiger partial charge in [0.25, 0.3) is 0 Å². The van der Waals surface area contributed by atoms with E-state index in [0.29, 0.717) is 5.56 Å². The molecule has 0 bridgehead atoms. The third-order valence-corrected chi connectivity index (χ3v) is 3.82. The molecule has 0 saturated carbocycles. The maximum Gasteiger partial charge on any atom is 0.513 e. The SMILES string of the molecule is CCc1ccc(C(C#N)=C(OC(=O)OC)c2ccccc2C(F)(F)F)cc1. The van der Waals surface area contributed by atoms with Crippen LogP contribution in [0.15, 0.2) is 48.5 Å². The van der Waals surface area contributed by atoms with Crippen LogP contribution >= 0.6 is 0 Å². The fourth-order valence-electron chi connectivity index (χ4n) is 2.45. The highest BCUT2D eigenvalue weighted by atomic mass is 19.4. The number of rotatable bonds is 4. The van der Waals surface area contributed by atoms with Crippen LogP contribution in [0.2, 0.25) is 0 Å². The van der Waals surface area contributed by atoms with Crippen LogP contribution in [-0.4, -0.2) is 13.3 Å². The first-order chi connectivity index (χ1) is 12.8. The summed E-state index contributed by atoms with van der Waals surface area (Å²) in [7, 11) is 1.03. The van der Waals surface area contributed by atoms with Gasteiger partial charge in [-0.2, -0.15) is 18.4 Å². The predicted octanol–water partition coefficient (Wildman–Crippen LogP) is 5.44. The summed E-state index contributed by atoms with van der Waals surface area (Å²) in [5.74, 6) is -0.512. The Balaban J connectivity index is 2.75. The molecule has 0 radical (unpaired) electrons. The molecule has 2 aromatic carbocycles. The van der Waals surface area contributed by atoms with E-state index in [-0.39, 0.29) is 5.57 Å². The first kappa shape index (κ1) is 20.0. The molecule has 0 N–H and O–H groups in total. The zero-order chi connectivity index (χ0) is 20.0. The Bertz CT molecular complexity index is 894. The minimum atomic E-state index is -4.70. The standard InChI is InChI=1S/C20H16F3NO3/c1-3-13-8-10-14(11-9-13)16(12-24)18(27-19(25)26-2)15-6-4-5-7-17(15)20(21,22)23/h4-11H,3H2,1-2H3. The first-order valence-electron chi connectivity index (χ1n) is 7.97. The van der Waals surface area contributed by atoms with E-state index in [4.69, 9.17) is 4.74 Å². The predicted molar refractivity (Wildman–Crippen MR) is 93.2 cm³/mol. The average Bonchev–Trinajstić information content (AvgIpc) is 2.67. The largest absolute Gasteiger partial charge is 0.513 e. The summed E-state index contributed by atoms with van der Waals surface area (Å²) in [5, 5.41) is 9.60. The lowest BCUT2D eigenvalue weighted by Gasteiger charge is -2.16. The molecule has 4 nitrogen and oxygen atoms in total. The number of halogens is 3. The van der Waals surface area contributed by atoms with E-state index in [1.165, 1.54) is 12.1 Å². The van der Waals surface area contributed by atoms with Crippen LogP contribution in [0.3, 0.4) is 0 Å². The molecule has 0 aliphatic rings. The van der Waals surface area contributed by atoms with Crippen molar-refractivity contribution in [3.8, 4) is 6.07 Å². The van der Waals surface area contributed by atoms with Crippen molar-refractivity contribution in [3.05, 3.63) is 70.8 Å². The van der Waals surface area contributed by atoms with Gasteiger partial charge in [-0.05, 0) is 23.6 Å². The van der Waals surface area contributed by atoms with Crippen LogP contribution in [0.25, 0.3) is 11.3 Å². The van der Waals surface area contributed by atoms with Gasteiger partial charge in [0, 0.05) is 5.56 Å². The van der Waals surface area contributed by atoms with Crippen LogP contribution in [0.5, 0.6) is 0 Å². The van der Waals surface area contributed by atoms with Crippen LogP contribution in [0, 0.1) is 11.3 Å². The molecule has 2 aromatic rings. The summed E-state index contributed by atoms with van der Waals surface area (Å²) >= 11 is 0. The summed E-state index contributed by atoms with van der Waals surface area (Å²) in [6.07, 6.45) is -5.16. The summed E-state index contributed by atoms with van der Waals surface area (Å²) in [5.41, 5.74) is -0.346. The number of alkyl halides is 3. The fraction of sp³-hybridized carbons (Fsp3) is 0.200. The Morgan fingerprint density at radius 1 is 1.11 bits per heavy atom. The fourth-order valence-corrected chi connectivity index (χ4v) is 2.45. The number of nitrogens with zero attached hydrogens (tertiary/aromatic N) is 1. The molecule has 0 aliphatic heterocycles. The van der Waals surface area contributed by atoms with Gasteiger partial charge < -0.3 is 9.47 Å².